The molecular formula is C46H52N4O5. The van der Waals surface area contributed by atoms with Crippen molar-refractivity contribution in [3.05, 3.63) is 130 Å². The van der Waals surface area contributed by atoms with E-state index >= 15 is 0 Å². The van der Waals surface area contributed by atoms with Gasteiger partial charge in [0.1, 0.15) is 17.5 Å². The molecule has 8 rings (SSSR count). The van der Waals surface area contributed by atoms with Gasteiger partial charge in [0.25, 0.3) is 5.91 Å². The minimum Gasteiger partial charge on any atom is -0.508 e. The number of unbranched alkanes of at least 4 members (excludes halogenated alkanes) is 1. The average Bonchev–Trinajstić information content (AvgIpc) is 3.35. The zero-order valence-corrected chi connectivity index (χ0v) is 31.6. The topological polar surface area (TPSA) is 102 Å². The van der Waals surface area contributed by atoms with Crippen molar-refractivity contribution in [3.63, 3.8) is 0 Å². The molecule has 0 bridgehead atoms. The van der Waals surface area contributed by atoms with E-state index in [1.165, 1.54) is 27.8 Å². The molecule has 1 aliphatic carbocycles. The molecule has 3 aliphatic heterocycles. The molecule has 3 amide bonds. The Hall–Kier alpha value is -4.99. The number of phenolic OH excluding ortho intramolecular Hbond substituents is 1. The van der Waals surface area contributed by atoms with Crippen molar-refractivity contribution in [1.29, 1.82) is 0 Å². The van der Waals surface area contributed by atoms with Crippen LogP contribution in [-0.2, 0) is 29.0 Å². The highest BCUT2D eigenvalue weighted by Gasteiger charge is 2.39. The normalized spacial score (nSPS) is 21.9. The largest absolute Gasteiger partial charge is 0.508 e. The average molecular weight is 741 g/mol. The second-order valence-corrected chi connectivity index (χ2v) is 15.7. The third-order valence-electron chi connectivity index (χ3n) is 12.2. The minimum absolute atomic E-state index is 0.119. The number of ether oxygens (including phenoxy) is 1. The number of carbonyl (C=O) groups excluding carboxylic acids is 3. The van der Waals surface area contributed by atoms with Crippen LogP contribution in [0.25, 0.3) is 0 Å². The fourth-order valence-electron chi connectivity index (χ4n) is 9.22. The van der Waals surface area contributed by atoms with Crippen molar-refractivity contribution in [1.82, 2.24) is 20.0 Å². The summed E-state index contributed by atoms with van der Waals surface area (Å²) in [5, 5.41) is 12.5. The summed E-state index contributed by atoms with van der Waals surface area (Å²) < 4.78 is 6.22. The van der Waals surface area contributed by atoms with Gasteiger partial charge < -0.3 is 24.5 Å². The van der Waals surface area contributed by atoms with Crippen LogP contribution in [0.4, 0.5) is 0 Å². The lowest BCUT2D eigenvalue weighted by molar-refractivity contribution is -0.136. The molecule has 0 saturated carbocycles. The second-order valence-electron chi connectivity index (χ2n) is 15.7. The maximum absolute atomic E-state index is 13.1. The lowest BCUT2D eigenvalue weighted by atomic mass is 9.69. The van der Waals surface area contributed by atoms with E-state index in [0.717, 1.165) is 89.1 Å². The first-order valence-corrected chi connectivity index (χ1v) is 20.2. The van der Waals surface area contributed by atoms with Gasteiger partial charge in [0.15, 0.2) is 0 Å². The highest BCUT2D eigenvalue weighted by Crippen LogP contribution is 2.47. The van der Waals surface area contributed by atoms with Crippen molar-refractivity contribution in [2.45, 2.75) is 75.8 Å². The maximum atomic E-state index is 13.1. The summed E-state index contributed by atoms with van der Waals surface area (Å²) in [5.41, 5.74) is 8.05. The van der Waals surface area contributed by atoms with E-state index in [2.05, 4.69) is 87.9 Å². The summed E-state index contributed by atoms with van der Waals surface area (Å²) in [6, 6.07) is 30.9. The smallest absolute Gasteiger partial charge is 0.255 e. The van der Waals surface area contributed by atoms with E-state index in [0.29, 0.717) is 36.8 Å². The molecule has 2 N–H and O–H groups in total. The van der Waals surface area contributed by atoms with Crippen LogP contribution >= 0.6 is 0 Å². The van der Waals surface area contributed by atoms with Crippen molar-refractivity contribution in [2.24, 2.45) is 0 Å². The Morgan fingerprint density at radius 1 is 0.745 bits per heavy atom. The molecule has 2 fully saturated rings. The number of aryl methyl sites for hydroxylation is 1. The van der Waals surface area contributed by atoms with Crippen LogP contribution in [0.2, 0.25) is 0 Å². The molecule has 4 aromatic carbocycles. The van der Waals surface area contributed by atoms with Gasteiger partial charge in [0, 0.05) is 44.1 Å². The zero-order chi connectivity index (χ0) is 37.7. The number of carbonyl (C=O) groups is 3. The number of benzene rings is 4. The predicted octanol–water partition coefficient (Wildman–Crippen LogP) is 6.42. The summed E-state index contributed by atoms with van der Waals surface area (Å²) in [5.74, 6) is 1.11. The van der Waals surface area contributed by atoms with Gasteiger partial charge in [-0.15, -0.1) is 0 Å². The van der Waals surface area contributed by atoms with Gasteiger partial charge in [-0.2, -0.15) is 0 Å². The highest BCUT2D eigenvalue weighted by atomic mass is 16.5. The third-order valence-corrected chi connectivity index (χ3v) is 12.2. The number of phenols is 1. The minimum atomic E-state index is -0.579. The van der Waals surface area contributed by atoms with Gasteiger partial charge in [0.05, 0.1) is 6.61 Å². The number of aromatic hydroxyl groups is 1. The Bertz CT molecular complexity index is 2000. The number of nitrogens with one attached hydrogen (secondary N) is 1. The van der Waals surface area contributed by atoms with Gasteiger partial charge in [-0.05, 0) is 134 Å². The molecule has 286 valence electrons. The first kappa shape index (κ1) is 37.0. The summed E-state index contributed by atoms with van der Waals surface area (Å²) in [6.07, 6.45) is 6.85. The number of amides is 3. The molecule has 4 aromatic rings. The maximum Gasteiger partial charge on any atom is 0.255 e. The van der Waals surface area contributed by atoms with Crippen molar-refractivity contribution >= 4 is 17.7 Å². The molecule has 9 nitrogen and oxygen atoms in total. The summed E-state index contributed by atoms with van der Waals surface area (Å²) in [6.45, 7) is 7.50. The Balaban J connectivity index is 0.768. The molecule has 0 aromatic heterocycles. The van der Waals surface area contributed by atoms with Gasteiger partial charge in [-0.3, -0.25) is 19.7 Å². The molecule has 55 heavy (non-hydrogen) atoms. The van der Waals surface area contributed by atoms with E-state index in [9.17, 15) is 19.5 Å². The number of hydrogen-bond donors (Lipinski definition) is 2. The molecule has 0 spiro atoms. The predicted molar refractivity (Wildman–Crippen MR) is 212 cm³/mol. The van der Waals surface area contributed by atoms with Gasteiger partial charge in [-0.1, -0.05) is 60.7 Å². The van der Waals surface area contributed by atoms with Crippen LogP contribution < -0.4 is 10.1 Å². The Kier molecular flexibility index (Phi) is 11.3. The van der Waals surface area contributed by atoms with Crippen molar-refractivity contribution in [3.8, 4) is 11.5 Å². The van der Waals surface area contributed by atoms with Crippen LogP contribution in [0.15, 0.2) is 91.0 Å². The highest BCUT2D eigenvalue weighted by molar-refractivity contribution is 6.05. The SMILES string of the molecule is O=C1CC[C@H](N2Cc3cc(CCN4CCCN(CCCCOc5ccc([C@@H]6c7ccc(O)cc7CCC6c6ccccc6)cc5)CC4)ccc3C2=O)C(=O)N1. The zero-order valence-electron chi connectivity index (χ0n) is 31.6. The lowest BCUT2D eigenvalue weighted by Gasteiger charge is -2.34. The van der Waals surface area contributed by atoms with Crippen LogP contribution in [0, 0.1) is 0 Å². The monoisotopic (exact) mass is 740 g/mol. The molecule has 4 aliphatic rings. The van der Waals surface area contributed by atoms with Crippen molar-refractivity contribution < 1.29 is 24.2 Å². The third kappa shape index (κ3) is 8.48. The number of fused-ring (bicyclic) bond motifs is 2. The molecule has 1 unspecified atom stereocenters. The summed E-state index contributed by atoms with van der Waals surface area (Å²) in [7, 11) is 0. The van der Waals surface area contributed by atoms with Crippen LogP contribution in [-0.4, -0.2) is 89.4 Å². The Morgan fingerprint density at radius 2 is 1.55 bits per heavy atom. The van der Waals surface area contributed by atoms with E-state index in [-0.39, 0.29) is 30.1 Å². The molecular weight excluding hydrogens is 689 g/mol. The first-order valence-electron chi connectivity index (χ1n) is 20.2. The van der Waals surface area contributed by atoms with Crippen LogP contribution in [0.5, 0.6) is 11.5 Å². The second kappa shape index (κ2) is 16.8. The lowest BCUT2D eigenvalue weighted by Crippen LogP contribution is -2.52. The summed E-state index contributed by atoms with van der Waals surface area (Å²) in [4.78, 5) is 43.8. The van der Waals surface area contributed by atoms with Gasteiger partial charge in [-0.25, -0.2) is 0 Å². The van der Waals surface area contributed by atoms with E-state index in [4.69, 9.17) is 4.74 Å². The number of piperidine rings is 1. The number of nitrogens with zero attached hydrogens (tertiary/aromatic N) is 3. The van der Waals surface area contributed by atoms with Crippen LogP contribution in [0.1, 0.15) is 94.1 Å². The Morgan fingerprint density at radius 3 is 2.35 bits per heavy atom. The fraction of sp³-hybridized carbons (Fsp3) is 0.413. The van der Waals surface area contributed by atoms with E-state index in [1.807, 2.05) is 18.2 Å². The molecule has 0 radical (unpaired) electrons. The molecule has 9 heteroatoms. The number of hydrogen-bond acceptors (Lipinski definition) is 7. The number of imide groups is 1. The summed E-state index contributed by atoms with van der Waals surface area (Å²) >= 11 is 0. The first-order chi connectivity index (χ1) is 26.9. The number of rotatable bonds is 12. The van der Waals surface area contributed by atoms with Gasteiger partial charge in [0.2, 0.25) is 11.8 Å². The quantitative estimate of drug-likeness (QED) is 0.128. The van der Waals surface area contributed by atoms with Crippen LogP contribution in [0.3, 0.4) is 0 Å². The fourth-order valence-corrected chi connectivity index (χ4v) is 9.22. The van der Waals surface area contributed by atoms with Gasteiger partial charge >= 0.3 is 0 Å². The Labute approximate surface area is 324 Å². The molecule has 2 saturated heterocycles. The van der Waals surface area contributed by atoms with E-state index < -0.39 is 6.04 Å². The molecule has 3 heterocycles. The van der Waals surface area contributed by atoms with E-state index in [1.54, 1.807) is 4.90 Å². The van der Waals surface area contributed by atoms with Crippen molar-refractivity contribution in [2.75, 3.05) is 45.9 Å². The standard InChI is InChI=1S/C46H52N4O5/c51-37-13-18-40-35(30-37)12-17-39(33-7-2-1-3-8-33)44(40)34-10-14-38(15-11-34)55-28-5-4-22-48-23-6-24-49(27-26-48)25-21-32-9-16-41-36(29-32)31-50(46(41)54)42-19-20-43(52)47-45(42)53/h1-3,7-11,13-16,18,29-30,39,42,44,51H,4-6,12,17,19-28,31H2,(H,47,52,53)/t39?,42-,44-/m0/s1. The molecule has 3 atom stereocenters.